The van der Waals surface area contributed by atoms with Crippen LogP contribution < -0.4 is 5.32 Å². The Bertz CT molecular complexity index is 795. The van der Waals surface area contributed by atoms with Crippen LogP contribution in [0.1, 0.15) is 21.1 Å². The molecule has 0 fully saturated rings. The summed E-state index contributed by atoms with van der Waals surface area (Å²) < 4.78 is 5.24. The molecule has 0 bridgehead atoms. The molecular formula is C17H15ClN2O2S. The third-order valence-corrected chi connectivity index (χ3v) is 4.79. The van der Waals surface area contributed by atoms with E-state index in [0.29, 0.717) is 22.9 Å². The standard InChI is InChI=1S/C17H15ClN2O2S/c1-11-15(16(21)19-9-8-14-3-2-10-22-14)23-17(20-11)12-4-6-13(18)7-5-12/h2-7,10H,8-9H2,1H3,(H,19,21). The number of aryl methyl sites for hydroxylation is 1. The molecule has 1 N–H and O–H groups in total. The van der Waals surface area contributed by atoms with Crippen molar-refractivity contribution in [3.63, 3.8) is 0 Å². The Balaban J connectivity index is 1.67. The Morgan fingerprint density at radius 1 is 1.30 bits per heavy atom. The average Bonchev–Trinajstić information content (AvgIpc) is 3.17. The number of halogens is 1. The van der Waals surface area contributed by atoms with Gasteiger partial charge >= 0.3 is 0 Å². The lowest BCUT2D eigenvalue weighted by Gasteiger charge is -2.02. The first kappa shape index (κ1) is 15.8. The minimum Gasteiger partial charge on any atom is -0.469 e. The van der Waals surface area contributed by atoms with Gasteiger partial charge in [0.15, 0.2) is 0 Å². The van der Waals surface area contributed by atoms with Crippen molar-refractivity contribution in [2.75, 3.05) is 6.54 Å². The van der Waals surface area contributed by atoms with E-state index in [2.05, 4.69) is 10.3 Å². The summed E-state index contributed by atoms with van der Waals surface area (Å²) in [5.74, 6) is 0.750. The van der Waals surface area contributed by atoms with E-state index in [0.717, 1.165) is 22.0 Å². The number of amides is 1. The van der Waals surface area contributed by atoms with E-state index in [1.54, 1.807) is 6.26 Å². The second kappa shape index (κ2) is 6.98. The highest BCUT2D eigenvalue weighted by atomic mass is 35.5. The van der Waals surface area contributed by atoms with Crippen LogP contribution in [0.3, 0.4) is 0 Å². The summed E-state index contributed by atoms with van der Waals surface area (Å²) in [6.07, 6.45) is 2.30. The van der Waals surface area contributed by atoms with E-state index in [9.17, 15) is 4.79 Å². The molecule has 1 aromatic carbocycles. The summed E-state index contributed by atoms with van der Waals surface area (Å²) in [6, 6.07) is 11.2. The maximum Gasteiger partial charge on any atom is 0.263 e. The van der Waals surface area contributed by atoms with Crippen LogP contribution in [0, 0.1) is 6.92 Å². The monoisotopic (exact) mass is 346 g/mol. The Morgan fingerprint density at radius 3 is 2.78 bits per heavy atom. The van der Waals surface area contributed by atoms with Crippen LogP contribution in [0.4, 0.5) is 0 Å². The smallest absolute Gasteiger partial charge is 0.263 e. The lowest BCUT2D eigenvalue weighted by Crippen LogP contribution is -2.25. The molecule has 23 heavy (non-hydrogen) atoms. The number of furan rings is 1. The van der Waals surface area contributed by atoms with E-state index >= 15 is 0 Å². The molecule has 2 heterocycles. The number of carbonyl (C=O) groups is 1. The number of thiazole rings is 1. The molecular weight excluding hydrogens is 332 g/mol. The van der Waals surface area contributed by atoms with Gasteiger partial charge in [-0.3, -0.25) is 4.79 Å². The van der Waals surface area contributed by atoms with E-state index in [1.165, 1.54) is 11.3 Å². The molecule has 0 saturated heterocycles. The number of benzene rings is 1. The van der Waals surface area contributed by atoms with Gasteiger partial charge in [-0.25, -0.2) is 4.98 Å². The Hall–Kier alpha value is -2.11. The average molecular weight is 347 g/mol. The summed E-state index contributed by atoms with van der Waals surface area (Å²) in [6.45, 7) is 2.37. The van der Waals surface area contributed by atoms with Crippen LogP contribution in [0.25, 0.3) is 10.6 Å². The Kier molecular flexibility index (Phi) is 4.79. The van der Waals surface area contributed by atoms with Gasteiger partial charge in [0.05, 0.1) is 12.0 Å². The van der Waals surface area contributed by atoms with Crippen molar-refractivity contribution in [1.82, 2.24) is 10.3 Å². The maximum atomic E-state index is 12.3. The SMILES string of the molecule is Cc1nc(-c2ccc(Cl)cc2)sc1C(=O)NCCc1ccco1. The molecule has 118 valence electrons. The fraction of sp³-hybridized carbons (Fsp3) is 0.176. The van der Waals surface area contributed by atoms with Crippen molar-refractivity contribution in [2.24, 2.45) is 0 Å². The topological polar surface area (TPSA) is 55.1 Å². The Labute approximate surface area is 143 Å². The van der Waals surface area contributed by atoms with E-state index in [4.69, 9.17) is 16.0 Å². The molecule has 6 heteroatoms. The molecule has 1 amide bonds. The summed E-state index contributed by atoms with van der Waals surface area (Å²) in [5.41, 5.74) is 1.69. The highest BCUT2D eigenvalue weighted by molar-refractivity contribution is 7.17. The van der Waals surface area contributed by atoms with Crippen LogP contribution in [0.5, 0.6) is 0 Å². The minimum absolute atomic E-state index is 0.105. The largest absolute Gasteiger partial charge is 0.469 e. The maximum absolute atomic E-state index is 12.3. The predicted molar refractivity (Wildman–Crippen MR) is 92.0 cm³/mol. The van der Waals surface area contributed by atoms with Crippen LogP contribution in [-0.2, 0) is 6.42 Å². The van der Waals surface area contributed by atoms with E-state index in [1.807, 2.05) is 43.3 Å². The molecule has 0 aliphatic carbocycles. The zero-order chi connectivity index (χ0) is 16.2. The third-order valence-electron chi connectivity index (χ3n) is 3.33. The molecule has 0 aliphatic heterocycles. The zero-order valence-corrected chi connectivity index (χ0v) is 14.1. The zero-order valence-electron chi connectivity index (χ0n) is 12.5. The number of hydrogen-bond acceptors (Lipinski definition) is 4. The van der Waals surface area contributed by atoms with Crippen molar-refractivity contribution in [3.8, 4) is 10.6 Å². The highest BCUT2D eigenvalue weighted by Gasteiger charge is 2.16. The molecule has 3 aromatic rings. The quantitative estimate of drug-likeness (QED) is 0.747. The van der Waals surface area contributed by atoms with Crippen LogP contribution in [-0.4, -0.2) is 17.4 Å². The van der Waals surface area contributed by atoms with Crippen molar-refractivity contribution >= 4 is 28.8 Å². The van der Waals surface area contributed by atoms with Crippen molar-refractivity contribution in [2.45, 2.75) is 13.3 Å². The molecule has 0 aliphatic rings. The van der Waals surface area contributed by atoms with Crippen LogP contribution >= 0.6 is 22.9 Å². The predicted octanol–water partition coefficient (Wildman–Crippen LogP) is 4.34. The summed E-state index contributed by atoms with van der Waals surface area (Å²) in [5, 5.41) is 4.40. The lowest BCUT2D eigenvalue weighted by molar-refractivity contribution is 0.0957. The van der Waals surface area contributed by atoms with Crippen molar-refractivity contribution in [1.29, 1.82) is 0 Å². The number of nitrogens with one attached hydrogen (secondary N) is 1. The normalized spacial score (nSPS) is 10.7. The second-order valence-electron chi connectivity index (χ2n) is 5.03. The summed E-state index contributed by atoms with van der Waals surface area (Å²) >= 11 is 7.28. The first-order valence-corrected chi connectivity index (χ1v) is 8.37. The van der Waals surface area contributed by atoms with Crippen molar-refractivity contribution < 1.29 is 9.21 Å². The minimum atomic E-state index is -0.105. The molecule has 4 nitrogen and oxygen atoms in total. The van der Waals surface area contributed by atoms with Gasteiger partial charge in [0.25, 0.3) is 5.91 Å². The van der Waals surface area contributed by atoms with Gasteiger partial charge in [-0.15, -0.1) is 11.3 Å². The van der Waals surface area contributed by atoms with Gasteiger partial charge in [0.2, 0.25) is 0 Å². The van der Waals surface area contributed by atoms with Gasteiger partial charge in [0.1, 0.15) is 15.6 Å². The molecule has 0 saturated carbocycles. The number of hydrogen-bond donors (Lipinski definition) is 1. The van der Waals surface area contributed by atoms with Gasteiger partial charge in [-0.1, -0.05) is 23.7 Å². The first-order chi connectivity index (χ1) is 11.1. The van der Waals surface area contributed by atoms with Gasteiger partial charge in [-0.2, -0.15) is 0 Å². The Morgan fingerprint density at radius 2 is 2.09 bits per heavy atom. The van der Waals surface area contributed by atoms with E-state index < -0.39 is 0 Å². The fourth-order valence-electron chi connectivity index (χ4n) is 2.16. The van der Waals surface area contributed by atoms with Gasteiger partial charge in [-0.05, 0) is 31.2 Å². The number of nitrogens with zero attached hydrogens (tertiary/aromatic N) is 1. The number of carbonyl (C=O) groups excluding carboxylic acids is 1. The first-order valence-electron chi connectivity index (χ1n) is 7.17. The molecule has 2 aromatic heterocycles. The number of rotatable bonds is 5. The molecule has 0 radical (unpaired) electrons. The van der Waals surface area contributed by atoms with Gasteiger partial charge < -0.3 is 9.73 Å². The third kappa shape index (κ3) is 3.81. The second-order valence-corrected chi connectivity index (χ2v) is 6.46. The van der Waals surface area contributed by atoms with Crippen molar-refractivity contribution in [3.05, 3.63) is 64.0 Å². The molecule has 0 atom stereocenters. The van der Waals surface area contributed by atoms with Crippen LogP contribution in [0.2, 0.25) is 5.02 Å². The highest BCUT2D eigenvalue weighted by Crippen LogP contribution is 2.28. The molecule has 0 spiro atoms. The lowest BCUT2D eigenvalue weighted by atomic mass is 10.2. The number of aromatic nitrogens is 1. The molecule has 3 rings (SSSR count). The van der Waals surface area contributed by atoms with Gasteiger partial charge in [0, 0.05) is 23.6 Å². The van der Waals surface area contributed by atoms with E-state index in [-0.39, 0.29) is 5.91 Å². The summed E-state index contributed by atoms with van der Waals surface area (Å²) in [4.78, 5) is 17.4. The van der Waals surface area contributed by atoms with Crippen LogP contribution in [0.15, 0.2) is 47.1 Å². The summed E-state index contributed by atoms with van der Waals surface area (Å²) in [7, 11) is 0. The molecule has 0 unspecified atom stereocenters. The fourth-order valence-corrected chi connectivity index (χ4v) is 3.27.